The molecule has 128 valence electrons. The highest BCUT2D eigenvalue weighted by Gasteiger charge is 2.14. The van der Waals surface area contributed by atoms with E-state index in [4.69, 9.17) is 25.6 Å². The van der Waals surface area contributed by atoms with Crippen LogP contribution >= 0.6 is 11.6 Å². The Balaban J connectivity index is 1.67. The highest BCUT2D eigenvalue weighted by molar-refractivity contribution is 6.30. The second-order valence-electron chi connectivity index (χ2n) is 5.28. The molecule has 0 bridgehead atoms. The predicted octanol–water partition coefficient (Wildman–Crippen LogP) is 4.06. The third kappa shape index (κ3) is 3.97. The lowest BCUT2D eigenvalue weighted by Crippen LogP contribution is -2.07. The zero-order chi connectivity index (χ0) is 17.8. The summed E-state index contributed by atoms with van der Waals surface area (Å²) < 4.78 is 15.5. The van der Waals surface area contributed by atoms with Crippen LogP contribution in [0.5, 0.6) is 5.75 Å². The fourth-order valence-electron chi connectivity index (χ4n) is 2.26. The van der Waals surface area contributed by atoms with Gasteiger partial charge in [0.15, 0.2) is 6.61 Å². The molecule has 0 unspecified atom stereocenters. The molecule has 7 heteroatoms. The van der Waals surface area contributed by atoms with Crippen molar-refractivity contribution in [1.82, 2.24) is 10.1 Å². The van der Waals surface area contributed by atoms with Gasteiger partial charge in [-0.25, -0.2) is 4.79 Å². The van der Waals surface area contributed by atoms with E-state index < -0.39 is 5.97 Å². The Morgan fingerprint density at radius 3 is 2.80 bits per heavy atom. The lowest BCUT2D eigenvalue weighted by molar-refractivity contribution is 0.0429. The Labute approximate surface area is 149 Å². The molecule has 0 atom stereocenters. The maximum atomic E-state index is 12.2. The van der Waals surface area contributed by atoms with Crippen molar-refractivity contribution in [2.45, 2.75) is 13.5 Å². The molecule has 6 nitrogen and oxygen atoms in total. The van der Waals surface area contributed by atoms with Gasteiger partial charge in [-0.1, -0.05) is 28.9 Å². The fraction of sp³-hybridized carbons (Fsp3) is 0.167. The van der Waals surface area contributed by atoms with E-state index in [2.05, 4.69) is 10.1 Å². The minimum Gasteiger partial charge on any atom is -0.497 e. The normalized spacial score (nSPS) is 10.5. The van der Waals surface area contributed by atoms with Crippen molar-refractivity contribution in [3.63, 3.8) is 0 Å². The molecule has 0 N–H and O–H groups in total. The van der Waals surface area contributed by atoms with E-state index in [-0.39, 0.29) is 12.5 Å². The number of carbonyl (C=O) groups is 1. The van der Waals surface area contributed by atoms with Crippen LogP contribution in [0.25, 0.3) is 11.4 Å². The summed E-state index contributed by atoms with van der Waals surface area (Å²) in [4.78, 5) is 16.4. The predicted molar refractivity (Wildman–Crippen MR) is 91.6 cm³/mol. The summed E-state index contributed by atoms with van der Waals surface area (Å²) in [5.74, 6) is 0.795. The molecule has 1 heterocycles. The maximum absolute atomic E-state index is 12.2. The van der Waals surface area contributed by atoms with Crippen LogP contribution in [0.1, 0.15) is 21.8 Å². The number of methoxy groups -OCH3 is 1. The van der Waals surface area contributed by atoms with Gasteiger partial charge in [-0.3, -0.25) is 0 Å². The summed E-state index contributed by atoms with van der Waals surface area (Å²) in [6, 6.07) is 12.2. The lowest BCUT2D eigenvalue weighted by atomic mass is 10.1. The van der Waals surface area contributed by atoms with Gasteiger partial charge in [0.1, 0.15) is 5.75 Å². The molecule has 0 amide bonds. The van der Waals surface area contributed by atoms with Crippen LogP contribution in [-0.2, 0) is 11.3 Å². The summed E-state index contributed by atoms with van der Waals surface area (Å²) in [5, 5.41) is 4.44. The molecule has 2 aromatic carbocycles. The molecule has 0 aliphatic carbocycles. The number of ether oxygens (including phenoxy) is 2. The first-order valence-corrected chi connectivity index (χ1v) is 7.85. The van der Waals surface area contributed by atoms with Gasteiger partial charge in [-0.05, 0) is 42.8 Å². The highest BCUT2D eigenvalue weighted by Crippen LogP contribution is 2.21. The Kier molecular flexibility index (Phi) is 5.00. The van der Waals surface area contributed by atoms with Gasteiger partial charge in [0.25, 0.3) is 5.89 Å². The SMILES string of the molecule is COc1ccc(C(=O)OCc2nc(-c3cccc(Cl)c3)no2)c(C)c1. The van der Waals surface area contributed by atoms with Crippen LogP contribution < -0.4 is 4.74 Å². The molecule has 0 fully saturated rings. The molecule has 1 aromatic heterocycles. The first kappa shape index (κ1) is 17.0. The first-order chi connectivity index (χ1) is 12.1. The van der Waals surface area contributed by atoms with Crippen LogP contribution in [0.3, 0.4) is 0 Å². The van der Waals surface area contributed by atoms with Gasteiger partial charge in [0, 0.05) is 10.6 Å². The van der Waals surface area contributed by atoms with E-state index in [1.807, 2.05) is 13.0 Å². The monoisotopic (exact) mass is 358 g/mol. The van der Waals surface area contributed by atoms with Crippen molar-refractivity contribution in [2.24, 2.45) is 0 Å². The molecule has 0 spiro atoms. The second kappa shape index (κ2) is 7.36. The quantitative estimate of drug-likeness (QED) is 0.640. The van der Waals surface area contributed by atoms with E-state index in [0.29, 0.717) is 22.2 Å². The molecule has 3 aromatic rings. The largest absolute Gasteiger partial charge is 0.497 e. The molecule has 0 saturated heterocycles. The topological polar surface area (TPSA) is 74.5 Å². The van der Waals surface area contributed by atoms with Crippen LogP contribution in [0.15, 0.2) is 47.0 Å². The summed E-state index contributed by atoms with van der Waals surface area (Å²) in [5.41, 5.74) is 1.93. The van der Waals surface area contributed by atoms with E-state index in [1.54, 1.807) is 43.5 Å². The number of halogens is 1. The molecule has 0 saturated carbocycles. The minimum atomic E-state index is -0.470. The number of benzene rings is 2. The molecular formula is C18H15ClN2O4. The highest BCUT2D eigenvalue weighted by atomic mass is 35.5. The average Bonchev–Trinajstić information content (AvgIpc) is 3.08. The standard InChI is InChI=1S/C18H15ClN2O4/c1-11-8-14(23-2)6-7-15(11)18(22)24-10-16-20-17(21-25-16)12-4-3-5-13(19)9-12/h3-9H,10H2,1-2H3. The molecule has 0 aliphatic heterocycles. The number of aryl methyl sites for hydroxylation is 1. The minimum absolute atomic E-state index is 0.113. The van der Waals surface area contributed by atoms with Gasteiger partial charge < -0.3 is 14.0 Å². The smallest absolute Gasteiger partial charge is 0.338 e. The van der Waals surface area contributed by atoms with E-state index in [1.165, 1.54) is 0 Å². The van der Waals surface area contributed by atoms with Gasteiger partial charge in [-0.15, -0.1) is 0 Å². The number of carbonyl (C=O) groups excluding carboxylic acids is 1. The molecule has 25 heavy (non-hydrogen) atoms. The molecule has 0 aliphatic rings. The van der Waals surface area contributed by atoms with Crippen LogP contribution in [0, 0.1) is 6.92 Å². The number of hydrogen-bond donors (Lipinski definition) is 0. The third-order valence-corrected chi connectivity index (χ3v) is 3.77. The number of rotatable bonds is 5. The summed E-state index contributed by atoms with van der Waals surface area (Å²) in [6.45, 7) is 1.70. The van der Waals surface area contributed by atoms with Crippen LogP contribution in [-0.4, -0.2) is 23.2 Å². The second-order valence-corrected chi connectivity index (χ2v) is 5.72. The van der Waals surface area contributed by atoms with Crippen molar-refractivity contribution in [1.29, 1.82) is 0 Å². The van der Waals surface area contributed by atoms with Gasteiger partial charge in [-0.2, -0.15) is 4.98 Å². The number of esters is 1. The fourth-order valence-corrected chi connectivity index (χ4v) is 2.45. The third-order valence-electron chi connectivity index (χ3n) is 3.53. The van der Waals surface area contributed by atoms with Gasteiger partial charge >= 0.3 is 5.97 Å². The summed E-state index contributed by atoms with van der Waals surface area (Å²) in [7, 11) is 1.57. The Bertz CT molecular complexity index is 908. The Morgan fingerprint density at radius 2 is 2.08 bits per heavy atom. The average molecular weight is 359 g/mol. The molecular weight excluding hydrogens is 344 g/mol. The van der Waals surface area contributed by atoms with Crippen LogP contribution in [0.4, 0.5) is 0 Å². The molecule has 3 rings (SSSR count). The van der Waals surface area contributed by atoms with Crippen molar-refractivity contribution < 1.29 is 18.8 Å². The zero-order valence-electron chi connectivity index (χ0n) is 13.7. The maximum Gasteiger partial charge on any atom is 0.338 e. The molecule has 0 radical (unpaired) electrons. The van der Waals surface area contributed by atoms with Gasteiger partial charge in [0.2, 0.25) is 5.82 Å². The van der Waals surface area contributed by atoms with Crippen LogP contribution in [0.2, 0.25) is 5.02 Å². The van der Waals surface area contributed by atoms with E-state index >= 15 is 0 Å². The Morgan fingerprint density at radius 1 is 1.24 bits per heavy atom. The van der Waals surface area contributed by atoms with Crippen molar-refractivity contribution >= 4 is 17.6 Å². The summed E-state index contributed by atoms with van der Waals surface area (Å²) >= 11 is 5.94. The van der Waals surface area contributed by atoms with Crippen molar-refractivity contribution in [3.05, 3.63) is 64.5 Å². The first-order valence-electron chi connectivity index (χ1n) is 7.47. The number of nitrogens with zero attached hydrogens (tertiary/aromatic N) is 2. The summed E-state index contributed by atoms with van der Waals surface area (Å²) in [6.07, 6.45) is 0. The van der Waals surface area contributed by atoms with Crippen molar-refractivity contribution in [2.75, 3.05) is 7.11 Å². The van der Waals surface area contributed by atoms with Gasteiger partial charge in [0.05, 0.1) is 12.7 Å². The number of aromatic nitrogens is 2. The lowest BCUT2D eigenvalue weighted by Gasteiger charge is -2.07. The number of hydrogen-bond acceptors (Lipinski definition) is 6. The van der Waals surface area contributed by atoms with Crippen molar-refractivity contribution in [3.8, 4) is 17.1 Å². The van der Waals surface area contributed by atoms with E-state index in [9.17, 15) is 4.79 Å². The zero-order valence-corrected chi connectivity index (χ0v) is 14.4. The Hall–Kier alpha value is -2.86. The van der Waals surface area contributed by atoms with E-state index in [0.717, 1.165) is 11.1 Å².